The molecule has 1 aromatic rings. The molecule has 0 aliphatic carbocycles. The molecule has 1 aliphatic rings. The van der Waals surface area contributed by atoms with Crippen LogP contribution >= 0.6 is 23.4 Å². The standard InChI is InChI=1S/C9H9ClN2O2S/c10-6-4-11-7(12-5-6)9(8(13)14)2-1-3-15-9/h4-5H,1-3H2,(H,13,14). The van der Waals surface area contributed by atoms with Gasteiger partial charge in [0.05, 0.1) is 5.02 Å². The number of nitrogens with zero attached hydrogens (tertiary/aromatic N) is 2. The van der Waals surface area contributed by atoms with Crippen LogP contribution in [0.3, 0.4) is 0 Å². The van der Waals surface area contributed by atoms with E-state index in [2.05, 4.69) is 9.97 Å². The van der Waals surface area contributed by atoms with Gasteiger partial charge in [-0.2, -0.15) is 0 Å². The highest BCUT2D eigenvalue weighted by Crippen LogP contribution is 2.45. The minimum atomic E-state index is -0.968. The Morgan fingerprint density at radius 2 is 2.20 bits per heavy atom. The van der Waals surface area contributed by atoms with Crippen LogP contribution in [0.15, 0.2) is 12.4 Å². The first kappa shape index (κ1) is 10.7. The molecule has 0 saturated carbocycles. The van der Waals surface area contributed by atoms with Gasteiger partial charge in [-0.25, -0.2) is 9.97 Å². The summed E-state index contributed by atoms with van der Waals surface area (Å²) >= 11 is 7.05. The molecule has 0 bridgehead atoms. The highest BCUT2D eigenvalue weighted by atomic mass is 35.5. The molecule has 0 aromatic carbocycles. The number of rotatable bonds is 2. The van der Waals surface area contributed by atoms with Crippen LogP contribution in [-0.2, 0) is 9.54 Å². The molecule has 1 aliphatic heterocycles. The van der Waals surface area contributed by atoms with Crippen molar-refractivity contribution < 1.29 is 9.90 Å². The molecule has 1 unspecified atom stereocenters. The second-order valence-corrected chi connectivity index (χ2v) is 5.14. The Balaban J connectivity index is 2.41. The maximum Gasteiger partial charge on any atom is 0.327 e. The van der Waals surface area contributed by atoms with Crippen molar-refractivity contribution in [2.75, 3.05) is 5.75 Å². The zero-order valence-corrected chi connectivity index (χ0v) is 9.38. The molecule has 1 N–H and O–H groups in total. The number of hydrogen-bond acceptors (Lipinski definition) is 4. The highest BCUT2D eigenvalue weighted by molar-refractivity contribution is 8.01. The second-order valence-electron chi connectivity index (χ2n) is 3.31. The molecule has 0 spiro atoms. The summed E-state index contributed by atoms with van der Waals surface area (Å²) < 4.78 is -0.968. The average molecular weight is 245 g/mol. The van der Waals surface area contributed by atoms with Crippen molar-refractivity contribution in [3.63, 3.8) is 0 Å². The van der Waals surface area contributed by atoms with Gasteiger partial charge in [-0.15, -0.1) is 11.8 Å². The first-order chi connectivity index (χ1) is 7.15. The first-order valence-corrected chi connectivity index (χ1v) is 5.87. The lowest BCUT2D eigenvalue weighted by Gasteiger charge is -2.20. The minimum absolute atomic E-state index is 0.349. The van der Waals surface area contributed by atoms with Gasteiger partial charge in [-0.05, 0) is 18.6 Å². The number of aliphatic carboxylic acids is 1. The third-order valence-electron chi connectivity index (χ3n) is 2.35. The quantitative estimate of drug-likeness (QED) is 0.861. The Bertz CT molecular complexity index is 376. The van der Waals surface area contributed by atoms with Gasteiger partial charge in [0, 0.05) is 12.4 Å². The molecule has 0 amide bonds. The zero-order chi connectivity index (χ0) is 10.9. The molecule has 6 heteroatoms. The van der Waals surface area contributed by atoms with Crippen LogP contribution in [-0.4, -0.2) is 26.8 Å². The van der Waals surface area contributed by atoms with Crippen LogP contribution in [0.25, 0.3) is 0 Å². The Morgan fingerprint density at radius 1 is 1.53 bits per heavy atom. The summed E-state index contributed by atoms with van der Waals surface area (Å²) in [6.45, 7) is 0. The van der Waals surface area contributed by atoms with E-state index in [0.29, 0.717) is 17.3 Å². The Morgan fingerprint density at radius 3 is 2.67 bits per heavy atom. The van der Waals surface area contributed by atoms with Gasteiger partial charge in [-0.1, -0.05) is 11.6 Å². The van der Waals surface area contributed by atoms with Gasteiger partial charge >= 0.3 is 5.97 Å². The highest BCUT2D eigenvalue weighted by Gasteiger charge is 2.46. The molecule has 1 fully saturated rings. The summed E-state index contributed by atoms with van der Waals surface area (Å²) in [7, 11) is 0. The summed E-state index contributed by atoms with van der Waals surface area (Å²) in [6.07, 6.45) is 4.33. The molecule has 1 atom stereocenters. The fraction of sp³-hybridized carbons (Fsp3) is 0.444. The normalized spacial score (nSPS) is 25.4. The van der Waals surface area contributed by atoms with Gasteiger partial charge in [0.2, 0.25) is 0 Å². The van der Waals surface area contributed by atoms with Gasteiger partial charge in [0.25, 0.3) is 0 Å². The van der Waals surface area contributed by atoms with Crippen LogP contribution in [0.4, 0.5) is 0 Å². The Hall–Kier alpha value is -0.810. The van der Waals surface area contributed by atoms with E-state index in [1.165, 1.54) is 24.2 Å². The van der Waals surface area contributed by atoms with Crippen LogP contribution in [0.5, 0.6) is 0 Å². The molecular weight excluding hydrogens is 236 g/mol. The monoisotopic (exact) mass is 244 g/mol. The van der Waals surface area contributed by atoms with Gasteiger partial charge in [0.1, 0.15) is 0 Å². The van der Waals surface area contributed by atoms with Gasteiger partial charge in [-0.3, -0.25) is 4.79 Å². The summed E-state index contributed by atoms with van der Waals surface area (Å²) in [6, 6.07) is 0. The lowest BCUT2D eigenvalue weighted by molar-refractivity contribution is -0.140. The molecule has 4 nitrogen and oxygen atoms in total. The molecule has 2 heterocycles. The number of carboxylic acid groups (broad SMARTS) is 1. The van der Waals surface area contributed by atoms with E-state index >= 15 is 0 Å². The number of carbonyl (C=O) groups is 1. The van der Waals surface area contributed by atoms with E-state index in [1.807, 2.05) is 0 Å². The summed E-state index contributed by atoms with van der Waals surface area (Å²) in [4.78, 5) is 19.3. The maximum absolute atomic E-state index is 11.3. The smallest absolute Gasteiger partial charge is 0.327 e. The number of aromatic nitrogens is 2. The summed E-state index contributed by atoms with van der Waals surface area (Å²) in [5.41, 5.74) is 0. The van der Waals surface area contributed by atoms with E-state index < -0.39 is 10.7 Å². The number of carboxylic acids is 1. The van der Waals surface area contributed by atoms with Crippen LogP contribution in [0.1, 0.15) is 18.7 Å². The largest absolute Gasteiger partial charge is 0.480 e. The van der Waals surface area contributed by atoms with E-state index in [-0.39, 0.29) is 0 Å². The minimum Gasteiger partial charge on any atom is -0.480 e. The predicted octanol–water partition coefficient (Wildman–Crippen LogP) is 1.94. The molecule has 1 aromatic heterocycles. The summed E-state index contributed by atoms with van der Waals surface area (Å²) in [5, 5.41) is 9.67. The van der Waals surface area contributed by atoms with Crippen molar-refractivity contribution in [2.45, 2.75) is 17.6 Å². The van der Waals surface area contributed by atoms with Gasteiger partial charge in [0.15, 0.2) is 10.6 Å². The van der Waals surface area contributed by atoms with Crippen LogP contribution in [0, 0.1) is 0 Å². The molecule has 80 valence electrons. The SMILES string of the molecule is O=C(O)C1(c2ncc(Cl)cn2)CCCS1. The topological polar surface area (TPSA) is 63.1 Å². The second kappa shape index (κ2) is 3.98. The number of halogens is 1. The third-order valence-corrected chi connectivity index (χ3v) is 4.09. The Labute approximate surface area is 96.1 Å². The van der Waals surface area contributed by atoms with Gasteiger partial charge < -0.3 is 5.11 Å². The molecule has 1 saturated heterocycles. The van der Waals surface area contributed by atoms with Crippen molar-refractivity contribution in [3.8, 4) is 0 Å². The van der Waals surface area contributed by atoms with Crippen LogP contribution < -0.4 is 0 Å². The third kappa shape index (κ3) is 1.81. The molecule has 2 rings (SSSR count). The van der Waals surface area contributed by atoms with Crippen molar-refractivity contribution in [1.29, 1.82) is 0 Å². The summed E-state index contributed by atoms with van der Waals surface area (Å²) in [5.74, 6) is 0.312. The number of thioether (sulfide) groups is 1. The first-order valence-electron chi connectivity index (χ1n) is 4.50. The predicted molar refractivity (Wildman–Crippen MR) is 58.0 cm³/mol. The van der Waals surface area contributed by atoms with Crippen LogP contribution in [0.2, 0.25) is 5.02 Å². The van der Waals surface area contributed by atoms with Crippen molar-refractivity contribution in [3.05, 3.63) is 23.2 Å². The zero-order valence-electron chi connectivity index (χ0n) is 7.81. The number of hydrogen-bond donors (Lipinski definition) is 1. The fourth-order valence-electron chi connectivity index (χ4n) is 1.60. The van der Waals surface area contributed by atoms with E-state index in [0.717, 1.165) is 12.2 Å². The van der Waals surface area contributed by atoms with E-state index in [4.69, 9.17) is 11.6 Å². The average Bonchev–Trinajstić information content (AvgIpc) is 2.69. The van der Waals surface area contributed by atoms with Crippen molar-refractivity contribution in [1.82, 2.24) is 9.97 Å². The lowest BCUT2D eigenvalue weighted by atomic mass is 10.0. The molecule has 15 heavy (non-hydrogen) atoms. The maximum atomic E-state index is 11.3. The fourth-order valence-corrected chi connectivity index (χ4v) is 2.98. The van der Waals surface area contributed by atoms with Crippen molar-refractivity contribution in [2.24, 2.45) is 0 Å². The van der Waals surface area contributed by atoms with E-state index in [9.17, 15) is 9.90 Å². The van der Waals surface area contributed by atoms with Crippen molar-refractivity contribution >= 4 is 29.3 Å². The molecular formula is C9H9ClN2O2S. The lowest BCUT2D eigenvalue weighted by Crippen LogP contribution is -2.31. The Kier molecular flexibility index (Phi) is 2.84. The molecule has 0 radical (unpaired) electrons. The van der Waals surface area contributed by atoms with E-state index in [1.54, 1.807) is 0 Å².